The number of unbranched alkanes of at least 4 members (excludes halogenated alkanes) is 1. The molecule has 0 bridgehead atoms. The molecule has 4 heteroatoms. The smallest absolute Gasteiger partial charge is 0.0945 e. The molecule has 0 aliphatic heterocycles. The second-order valence-corrected chi connectivity index (χ2v) is 4.90. The number of rotatable bonds is 11. The van der Waals surface area contributed by atoms with E-state index in [4.69, 9.17) is 9.47 Å². The number of anilines is 1. The molecule has 2 N–H and O–H groups in total. The molecule has 0 aliphatic rings. The molecule has 1 unspecified atom stereocenters. The summed E-state index contributed by atoms with van der Waals surface area (Å²) in [5, 5.41) is 13.0. The SMILES string of the molecule is CCCCc1ccc(NCC(O)COCCOC)cc1. The van der Waals surface area contributed by atoms with E-state index in [1.807, 2.05) is 0 Å². The van der Waals surface area contributed by atoms with Crippen LogP contribution in [0.3, 0.4) is 0 Å². The van der Waals surface area contributed by atoms with Crippen LogP contribution in [-0.4, -0.2) is 44.7 Å². The van der Waals surface area contributed by atoms with E-state index in [9.17, 15) is 5.11 Å². The van der Waals surface area contributed by atoms with Crippen LogP contribution in [0.1, 0.15) is 25.3 Å². The zero-order valence-corrected chi connectivity index (χ0v) is 12.6. The van der Waals surface area contributed by atoms with Crippen molar-refractivity contribution >= 4 is 5.69 Å². The molecule has 1 aromatic carbocycles. The van der Waals surface area contributed by atoms with E-state index in [0.717, 1.165) is 12.1 Å². The topological polar surface area (TPSA) is 50.7 Å². The number of nitrogens with one attached hydrogen (secondary N) is 1. The lowest BCUT2D eigenvalue weighted by molar-refractivity contribution is 0.0182. The first kappa shape index (κ1) is 17.0. The molecule has 0 radical (unpaired) electrons. The molecule has 0 aromatic heterocycles. The average Bonchev–Trinajstić information content (AvgIpc) is 2.48. The minimum absolute atomic E-state index is 0.324. The molecule has 0 amide bonds. The first-order valence-corrected chi connectivity index (χ1v) is 7.33. The van der Waals surface area contributed by atoms with Crippen molar-refractivity contribution in [3.8, 4) is 0 Å². The van der Waals surface area contributed by atoms with Gasteiger partial charge in [-0.15, -0.1) is 0 Å². The molecule has 4 nitrogen and oxygen atoms in total. The predicted octanol–water partition coefficient (Wildman–Crippen LogP) is 2.47. The normalized spacial score (nSPS) is 12.3. The maximum atomic E-state index is 9.75. The third kappa shape index (κ3) is 7.48. The molecule has 0 spiro atoms. The van der Waals surface area contributed by atoms with Gasteiger partial charge < -0.3 is 19.9 Å². The lowest BCUT2D eigenvalue weighted by atomic mass is 10.1. The summed E-state index contributed by atoms with van der Waals surface area (Å²) in [7, 11) is 1.63. The molecular formula is C16H27NO3. The Balaban J connectivity index is 2.20. The fourth-order valence-electron chi connectivity index (χ4n) is 1.83. The van der Waals surface area contributed by atoms with Crippen molar-refractivity contribution in [2.75, 3.05) is 38.8 Å². The fraction of sp³-hybridized carbons (Fsp3) is 0.625. The Bertz CT molecular complexity index is 340. The number of hydrogen-bond acceptors (Lipinski definition) is 4. The molecule has 114 valence electrons. The van der Waals surface area contributed by atoms with E-state index < -0.39 is 6.10 Å². The van der Waals surface area contributed by atoms with Gasteiger partial charge in [0.05, 0.1) is 25.9 Å². The molecule has 0 heterocycles. The monoisotopic (exact) mass is 281 g/mol. The highest BCUT2D eigenvalue weighted by molar-refractivity contribution is 5.44. The predicted molar refractivity (Wildman–Crippen MR) is 82.2 cm³/mol. The standard InChI is InChI=1S/C16H27NO3/c1-3-4-5-14-6-8-15(9-7-14)17-12-16(18)13-20-11-10-19-2/h6-9,16-18H,3-5,10-13H2,1-2H3. The van der Waals surface area contributed by atoms with Crippen molar-refractivity contribution in [3.63, 3.8) is 0 Å². The van der Waals surface area contributed by atoms with E-state index in [1.165, 1.54) is 18.4 Å². The van der Waals surface area contributed by atoms with Gasteiger partial charge in [0.2, 0.25) is 0 Å². The summed E-state index contributed by atoms with van der Waals surface area (Å²) in [5.41, 5.74) is 2.39. The van der Waals surface area contributed by atoms with Gasteiger partial charge in [-0.05, 0) is 30.5 Å². The number of hydrogen-bond donors (Lipinski definition) is 2. The summed E-state index contributed by atoms with van der Waals surface area (Å²) in [6.07, 6.45) is 3.07. The Labute approximate surface area is 122 Å². The van der Waals surface area contributed by atoms with Crippen LogP contribution in [0.15, 0.2) is 24.3 Å². The number of ether oxygens (including phenoxy) is 2. The van der Waals surface area contributed by atoms with Gasteiger partial charge in [-0.2, -0.15) is 0 Å². The van der Waals surface area contributed by atoms with Gasteiger partial charge in [0.15, 0.2) is 0 Å². The number of aliphatic hydroxyl groups excluding tert-OH is 1. The Morgan fingerprint density at radius 2 is 1.95 bits per heavy atom. The summed E-state index contributed by atoms with van der Waals surface area (Å²) in [4.78, 5) is 0. The van der Waals surface area contributed by atoms with Crippen LogP contribution >= 0.6 is 0 Å². The maximum Gasteiger partial charge on any atom is 0.0945 e. The first-order valence-electron chi connectivity index (χ1n) is 7.33. The van der Waals surface area contributed by atoms with E-state index in [1.54, 1.807) is 7.11 Å². The second kappa shape index (κ2) is 10.7. The van der Waals surface area contributed by atoms with E-state index >= 15 is 0 Å². The van der Waals surface area contributed by atoms with Crippen LogP contribution in [0, 0.1) is 0 Å². The lowest BCUT2D eigenvalue weighted by Gasteiger charge is -2.13. The van der Waals surface area contributed by atoms with Gasteiger partial charge in [-0.25, -0.2) is 0 Å². The van der Waals surface area contributed by atoms with Crippen LogP contribution in [0.25, 0.3) is 0 Å². The van der Waals surface area contributed by atoms with E-state index in [2.05, 4.69) is 36.5 Å². The quantitative estimate of drug-likeness (QED) is 0.612. The Morgan fingerprint density at radius 3 is 2.60 bits per heavy atom. The molecule has 0 fully saturated rings. The molecule has 0 aliphatic carbocycles. The number of aryl methyl sites for hydroxylation is 1. The Kier molecular flexibility index (Phi) is 9.04. The van der Waals surface area contributed by atoms with Crippen molar-refractivity contribution in [1.29, 1.82) is 0 Å². The zero-order valence-electron chi connectivity index (χ0n) is 12.6. The number of methoxy groups -OCH3 is 1. The third-order valence-corrected chi connectivity index (χ3v) is 3.06. The minimum Gasteiger partial charge on any atom is -0.389 e. The minimum atomic E-state index is -0.508. The Hall–Kier alpha value is -1.10. The summed E-state index contributed by atoms with van der Waals surface area (Å²) in [6, 6.07) is 8.39. The fourth-order valence-corrected chi connectivity index (χ4v) is 1.83. The van der Waals surface area contributed by atoms with Crippen LogP contribution in [0.5, 0.6) is 0 Å². The van der Waals surface area contributed by atoms with Crippen LogP contribution in [-0.2, 0) is 15.9 Å². The summed E-state index contributed by atoms with van der Waals surface area (Å²) in [5.74, 6) is 0. The van der Waals surface area contributed by atoms with Crippen LogP contribution < -0.4 is 5.32 Å². The summed E-state index contributed by atoms with van der Waals surface area (Å²) in [6.45, 7) is 4.08. The highest BCUT2D eigenvalue weighted by Gasteiger charge is 2.04. The van der Waals surface area contributed by atoms with Crippen molar-refractivity contribution in [1.82, 2.24) is 0 Å². The maximum absolute atomic E-state index is 9.75. The highest BCUT2D eigenvalue weighted by atomic mass is 16.5. The second-order valence-electron chi connectivity index (χ2n) is 4.90. The highest BCUT2D eigenvalue weighted by Crippen LogP contribution is 2.11. The Morgan fingerprint density at radius 1 is 1.20 bits per heavy atom. The summed E-state index contributed by atoms with van der Waals surface area (Å²) >= 11 is 0. The van der Waals surface area contributed by atoms with Crippen LogP contribution in [0.4, 0.5) is 5.69 Å². The molecule has 0 saturated carbocycles. The lowest BCUT2D eigenvalue weighted by Crippen LogP contribution is -2.25. The van der Waals surface area contributed by atoms with Crippen LogP contribution in [0.2, 0.25) is 0 Å². The number of benzene rings is 1. The van der Waals surface area contributed by atoms with Crippen molar-refractivity contribution in [2.24, 2.45) is 0 Å². The van der Waals surface area contributed by atoms with Gasteiger partial charge in [0.1, 0.15) is 0 Å². The summed E-state index contributed by atoms with van der Waals surface area (Å²) < 4.78 is 10.1. The van der Waals surface area contributed by atoms with Crippen molar-refractivity contribution in [2.45, 2.75) is 32.3 Å². The molecule has 1 rings (SSSR count). The van der Waals surface area contributed by atoms with Crippen molar-refractivity contribution in [3.05, 3.63) is 29.8 Å². The third-order valence-electron chi connectivity index (χ3n) is 3.06. The average molecular weight is 281 g/mol. The molecule has 1 atom stereocenters. The van der Waals surface area contributed by atoms with E-state index in [-0.39, 0.29) is 0 Å². The molecule has 0 saturated heterocycles. The van der Waals surface area contributed by atoms with E-state index in [0.29, 0.717) is 26.4 Å². The number of aliphatic hydroxyl groups is 1. The van der Waals surface area contributed by atoms with Gasteiger partial charge in [-0.3, -0.25) is 0 Å². The van der Waals surface area contributed by atoms with Crippen molar-refractivity contribution < 1.29 is 14.6 Å². The first-order chi connectivity index (χ1) is 9.76. The molecule has 20 heavy (non-hydrogen) atoms. The zero-order chi connectivity index (χ0) is 14.6. The van der Waals surface area contributed by atoms with Gasteiger partial charge >= 0.3 is 0 Å². The van der Waals surface area contributed by atoms with Gasteiger partial charge in [0.25, 0.3) is 0 Å². The molecule has 1 aromatic rings. The van der Waals surface area contributed by atoms with Gasteiger partial charge in [-0.1, -0.05) is 25.5 Å². The largest absolute Gasteiger partial charge is 0.389 e. The molecular weight excluding hydrogens is 254 g/mol. The van der Waals surface area contributed by atoms with Gasteiger partial charge in [0, 0.05) is 19.3 Å².